The van der Waals surface area contributed by atoms with Gasteiger partial charge >= 0.3 is 0 Å². The Morgan fingerprint density at radius 2 is 1.83 bits per heavy atom. The Kier molecular flexibility index (Phi) is 4.03. The zero-order valence-electron chi connectivity index (χ0n) is 13.6. The lowest BCUT2D eigenvalue weighted by Crippen LogP contribution is -2.30. The molecule has 1 aromatic heterocycles. The molecule has 1 atom stereocenters. The van der Waals surface area contributed by atoms with Gasteiger partial charge in [-0.05, 0) is 32.8 Å². The van der Waals surface area contributed by atoms with Gasteiger partial charge in [-0.25, -0.2) is 0 Å². The van der Waals surface area contributed by atoms with Crippen LogP contribution in [0.15, 0.2) is 28.8 Å². The molecular formula is C18H20N2O3. The van der Waals surface area contributed by atoms with Crippen molar-refractivity contribution < 1.29 is 14.1 Å². The summed E-state index contributed by atoms with van der Waals surface area (Å²) in [4.78, 5) is 26.0. The lowest BCUT2D eigenvalue weighted by atomic mass is 9.95. The predicted octanol–water partition coefficient (Wildman–Crippen LogP) is 2.72. The van der Waals surface area contributed by atoms with Gasteiger partial charge in [0.1, 0.15) is 11.5 Å². The predicted molar refractivity (Wildman–Crippen MR) is 84.5 cm³/mol. The third kappa shape index (κ3) is 3.33. The summed E-state index contributed by atoms with van der Waals surface area (Å²) in [7, 11) is 0. The Morgan fingerprint density at radius 1 is 1.13 bits per heavy atom. The molecule has 5 heteroatoms. The molecule has 0 unspecified atom stereocenters. The van der Waals surface area contributed by atoms with E-state index in [4.69, 9.17) is 4.52 Å². The number of benzene rings is 1. The van der Waals surface area contributed by atoms with E-state index in [9.17, 15) is 9.59 Å². The molecule has 1 aliphatic heterocycles. The van der Waals surface area contributed by atoms with Crippen molar-refractivity contribution >= 4 is 11.8 Å². The molecule has 0 N–H and O–H groups in total. The zero-order valence-corrected chi connectivity index (χ0v) is 13.6. The summed E-state index contributed by atoms with van der Waals surface area (Å²) in [5, 5.41) is 3.86. The molecule has 0 aliphatic carbocycles. The molecular weight excluding hydrogens is 292 g/mol. The van der Waals surface area contributed by atoms with E-state index < -0.39 is 0 Å². The first-order valence-corrected chi connectivity index (χ1v) is 7.76. The molecule has 120 valence electrons. The van der Waals surface area contributed by atoms with Gasteiger partial charge in [0.25, 0.3) is 0 Å². The Hall–Kier alpha value is -2.43. The topological polar surface area (TPSA) is 63.4 Å². The second-order valence-electron chi connectivity index (χ2n) is 6.35. The summed E-state index contributed by atoms with van der Waals surface area (Å²) in [6.45, 7) is 6.06. The van der Waals surface area contributed by atoms with Gasteiger partial charge in [-0.3, -0.25) is 14.5 Å². The minimum absolute atomic E-state index is 0.116. The molecule has 5 nitrogen and oxygen atoms in total. The number of imide groups is 1. The molecule has 0 bridgehead atoms. The number of carbonyl (C=O) groups excluding carboxylic acids is 2. The largest absolute Gasteiger partial charge is 0.361 e. The maximum Gasteiger partial charge on any atom is 0.233 e. The third-order valence-electron chi connectivity index (χ3n) is 4.10. The molecule has 2 heterocycles. The number of hydrogen-bond acceptors (Lipinski definition) is 4. The van der Waals surface area contributed by atoms with Crippen molar-refractivity contribution in [3.63, 3.8) is 0 Å². The van der Waals surface area contributed by atoms with Crippen molar-refractivity contribution in [3.05, 3.63) is 52.4 Å². The highest BCUT2D eigenvalue weighted by molar-refractivity contribution is 6.03. The molecule has 3 rings (SSSR count). The normalized spacial score (nSPS) is 18.0. The highest BCUT2D eigenvalue weighted by Crippen LogP contribution is 2.26. The quantitative estimate of drug-likeness (QED) is 0.814. The van der Waals surface area contributed by atoms with Crippen LogP contribution in [0.4, 0.5) is 0 Å². The average Bonchev–Trinajstić information content (AvgIpc) is 2.97. The van der Waals surface area contributed by atoms with Gasteiger partial charge in [-0.15, -0.1) is 0 Å². The van der Waals surface area contributed by atoms with Crippen LogP contribution in [0.25, 0.3) is 0 Å². The van der Waals surface area contributed by atoms with Crippen LogP contribution in [0.3, 0.4) is 0 Å². The lowest BCUT2D eigenvalue weighted by molar-refractivity contribution is -0.140. The first-order chi connectivity index (χ1) is 10.9. The van der Waals surface area contributed by atoms with Gasteiger partial charge in [0.05, 0.1) is 12.5 Å². The van der Waals surface area contributed by atoms with Crippen molar-refractivity contribution in [2.24, 2.45) is 5.92 Å². The molecule has 1 aliphatic rings. The zero-order chi connectivity index (χ0) is 16.6. The maximum atomic E-state index is 12.5. The fourth-order valence-corrected chi connectivity index (χ4v) is 3.20. The second-order valence-corrected chi connectivity index (χ2v) is 6.35. The molecule has 1 aromatic carbocycles. The van der Waals surface area contributed by atoms with Crippen molar-refractivity contribution in [2.75, 3.05) is 0 Å². The number of aryl methyl sites for hydroxylation is 3. The molecule has 0 spiro atoms. The summed E-state index contributed by atoms with van der Waals surface area (Å²) in [5.74, 6) is 0.141. The monoisotopic (exact) mass is 312 g/mol. The molecule has 1 fully saturated rings. The fraction of sp³-hybridized carbons (Fsp3) is 0.389. The van der Waals surface area contributed by atoms with Crippen LogP contribution >= 0.6 is 0 Å². The SMILES string of the molecule is Cc1cc(C)cc(C[C@H]2CC(=O)N(Cc3cc(C)on3)C2=O)c1. The van der Waals surface area contributed by atoms with E-state index in [2.05, 4.69) is 23.4 Å². The summed E-state index contributed by atoms with van der Waals surface area (Å²) in [6, 6.07) is 8.00. The fourth-order valence-electron chi connectivity index (χ4n) is 3.20. The number of hydrogen-bond donors (Lipinski definition) is 0. The Bertz CT molecular complexity index is 743. The molecule has 2 aromatic rings. The van der Waals surface area contributed by atoms with Crippen molar-refractivity contribution in [1.29, 1.82) is 0 Å². The standard InChI is InChI=1S/C18H20N2O3/c1-11-4-12(2)6-14(5-11)8-15-9-17(21)20(18(15)22)10-16-7-13(3)23-19-16/h4-7,15H,8-10H2,1-3H3/t15-/m0/s1. The van der Waals surface area contributed by atoms with Crippen LogP contribution in [0.1, 0.15) is 34.6 Å². The van der Waals surface area contributed by atoms with Crippen LogP contribution in [0, 0.1) is 26.7 Å². The summed E-state index contributed by atoms with van der Waals surface area (Å²) in [6.07, 6.45) is 0.865. The van der Waals surface area contributed by atoms with E-state index in [1.165, 1.54) is 16.0 Å². The van der Waals surface area contributed by atoms with E-state index in [-0.39, 0.29) is 30.7 Å². The number of nitrogens with zero attached hydrogens (tertiary/aromatic N) is 2. The van der Waals surface area contributed by atoms with Crippen molar-refractivity contribution in [3.8, 4) is 0 Å². The second kappa shape index (κ2) is 5.99. The summed E-state index contributed by atoms with van der Waals surface area (Å²) < 4.78 is 4.99. The highest BCUT2D eigenvalue weighted by Gasteiger charge is 2.38. The number of likely N-dealkylation sites (tertiary alicyclic amines) is 1. The molecule has 0 radical (unpaired) electrons. The van der Waals surface area contributed by atoms with Gasteiger partial charge in [0.2, 0.25) is 11.8 Å². The van der Waals surface area contributed by atoms with Crippen LogP contribution < -0.4 is 0 Å². The van der Waals surface area contributed by atoms with Crippen molar-refractivity contribution in [1.82, 2.24) is 10.1 Å². The highest BCUT2D eigenvalue weighted by atomic mass is 16.5. The Labute approximate surface area is 135 Å². The molecule has 23 heavy (non-hydrogen) atoms. The Balaban J connectivity index is 1.73. The van der Waals surface area contributed by atoms with E-state index in [0.29, 0.717) is 17.9 Å². The van der Waals surface area contributed by atoms with E-state index in [1.54, 1.807) is 13.0 Å². The van der Waals surface area contributed by atoms with Crippen LogP contribution in [-0.4, -0.2) is 21.9 Å². The first kappa shape index (κ1) is 15.5. The van der Waals surface area contributed by atoms with Gasteiger partial charge in [0, 0.05) is 12.5 Å². The average molecular weight is 312 g/mol. The molecule has 1 saturated heterocycles. The van der Waals surface area contributed by atoms with Crippen molar-refractivity contribution in [2.45, 2.75) is 40.2 Å². The third-order valence-corrected chi connectivity index (χ3v) is 4.10. The minimum atomic E-state index is -0.281. The van der Waals surface area contributed by atoms with Gasteiger partial charge in [-0.2, -0.15) is 0 Å². The maximum absolute atomic E-state index is 12.5. The van der Waals surface area contributed by atoms with Gasteiger partial charge in [0.15, 0.2) is 0 Å². The number of rotatable bonds is 4. The van der Waals surface area contributed by atoms with Gasteiger partial charge in [-0.1, -0.05) is 34.5 Å². The first-order valence-electron chi connectivity index (χ1n) is 7.76. The van der Waals surface area contributed by atoms with E-state index in [0.717, 1.165) is 5.56 Å². The lowest BCUT2D eigenvalue weighted by Gasteiger charge is -2.13. The van der Waals surface area contributed by atoms with E-state index >= 15 is 0 Å². The number of aromatic nitrogens is 1. The van der Waals surface area contributed by atoms with Gasteiger partial charge < -0.3 is 4.52 Å². The smallest absolute Gasteiger partial charge is 0.233 e. The van der Waals surface area contributed by atoms with Crippen LogP contribution in [0.2, 0.25) is 0 Å². The van der Waals surface area contributed by atoms with Crippen LogP contribution in [0.5, 0.6) is 0 Å². The minimum Gasteiger partial charge on any atom is -0.361 e. The van der Waals surface area contributed by atoms with E-state index in [1.807, 2.05) is 13.8 Å². The summed E-state index contributed by atoms with van der Waals surface area (Å²) >= 11 is 0. The molecule has 2 amide bonds. The van der Waals surface area contributed by atoms with Crippen LogP contribution in [-0.2, 0) is 22.6 Å². The summed E-state index contributed by atoms with van der Waals surface area (Å²) in [5.41, 5.74) is 4.06. The molecule has 0 saturated carbocycles. The number of carbonyl (C=O) groups is 2. The number of amides is 2. The Morgan fingerprint density at radius 3 is 2.43 bits per heavy atom.